The molecule has 1 aliphatic heterocycles. The van der Waals surface area contributed by atoms with E-state index < -0.39 is 9.84 Å². The van der Waals surface area contributed by atoms with E-state index in [1.54, 1.807) is 0 Å². The van der Waals surface area contributed by atoms with Gasteiger partial charge in [-0.1, -0.05) is 30.3 Å². The summed E-state index contributed by atoms with van der Waals surface area (Å²) in [6.07, 6.45) is 1.67. The highest BCUT2D eigenvalue weighted by Crippen LogP contribution is 2.20. The molecular weight excluding hydrogens is 260 g/mol. The Balaban J connectivity index is 2.01. The first kappa shape index (κ1) is 14.0. The summed E-state index contributed by atoms with van der Waals surface area (Å²) in [4.78, 5) is 0. The van der Waals surface area contributed by atoms with Crippen LogP contribution in [-0.4, -0.2) is 26.0 Å². The Kier molecular flexibility index (Phi) is 4.56. The molecule has 0 spiro atoms. The summed E-state index contributed by atoms with van der Waals surface area (Å²) >= 11 is 0. The van der Waals surface area contributed by atoms with Crippen molar-refractivity contribution in [2.75, 3.05) is 11.5 Å². The lowest BCUT2D eigenvalue weighted by atomic mass is 10.0. The molecular formula is C14H18N2O2S. The van der Waals surface area contributed by atoms with Gasteiger partial charge in [-0.3, -0.25) is 0 Å². The van der Waals surface area contributed by atoms with Gasteiger partial charge in [0.15, 0.2) is 0 Å². The summed E-state index contributed by atoms with van der Waals surface area (Å²) in [6, 6.07) is 12.2. The molecule has 1 atom stereocenters. The third kappa shape index (κ3) is 4.05. The van der Waals surface area contributed by atoms with Crippen molar-refractivity contribution in [3.05, 3.63) is 35.9 Å². The van der Waals surface area contributed by atoms with E-state index in [2.05, 4.69) is 11.4 Å². The molecule has 0 aromatic heterocycles. The Morgan fingerprint density at radius 2 is 1.89 bits per heavy atom. The molecule has 1 N–H and O–H groups in total. The molecule has 19 heavy (non-hydrogen) atoms. The van der Waals surface area contributed by atoms with Crippen LogP contribution in [0.3, 0.4) is 0 Å². The molecule has 0 aliphatic carbocycles. The first-order chi connectivity index (χ1) is 9.11. The number of nitrogens with zero attached hydrogens (tertiary/aromatic N) is 1. The summed E-state index contributed by atoms with van der Waals surface area (Å²) in [5.41, 5.74) is 1.08. The smallest absolute Gasteiger partial charge is 0.150 e. The lowest BCUT2D eigenvalue weighted by Crippen LogP contribution is -2.39. The van der Waals surface area contributed by atoms with Crippen molar-refractivity contribution in [1.82, 2.24) is 5.32 Å². The Morgan fingerprint density at radius 1 is 1.26 bits per heavy atom. The van der Waals surface area contributed by atoms with Crippen LogP contribution in [0.4, 0.5) is 0 Å². The second kappa shape index (κ2) is 6.18. The lowest BCUT2D eigenvalue weighted by molar-refractivity contribution is 0.407. The first-order valence-electron chi connectivity index (χ1n) is 6.49. The lowest BCUT2D eigenvalue weighted by Gasteiger charge is -2.27. The van der Waals surface area contributed by atoms with Crippen molar-refractivity contribution < 1.29 is 8.42 Å². The molecule has 1 aromatic rings. The molecule has 1 fully saturated rings. The summed E-state index contributed by atoms with van der Waals surface area (Å²) in [5.74, 6) is 0.497. The Morgan fingerprint density at radius 3 is 2.47 bits per heavy atom. The Bertz CT molecular complexity index is 535. The fraction of sp³-hybridized carbons (Fsp3) is 0.500. The van der Waals surface area contributed by atoms with Gasteiger partial charge in [-0.05, 0) is 18.4 Å². The molecule has 1 aromatic carbocycles. The third-order valence-electron chi connectivity index (χ3n) is 3.49. The van der Waals surface area contributed by atoms with E-state index in [0.29, 0.717) is 19.3 Å². The van der Waals surface area contributed by atoms with E-state index >= 15 is 0 Å². The highest BCUT2D eigenvalue weighted by Gasteiger charge is 2.25. The van der Waals surface area contributed by atoms with Gasteiger partial charge in [-0.25, -0.2) is 8.42 Å². The van der Waals surface area contributed by atoms with Crippen LogP contribution in [0.25, 0.3) is 0 Å². The zero-order valence-electron chi connectivity index (χ0n) is 10.7. The molecule has 0 radical (unpaired) electrons. The van der Waals surface area contributed by atoms with Gasteiger partial charge in [0.25, 0.3) is 0 Å². The number of rotatable bonds is 4. The van der Waals surface area contributed by atoms with Crippen LogP contribution in [0.5, 0.6) is 0 Å². The summed E-state index contributed by atoms with van der Waals surface area (Å²) in [7, 11) is -2.83. The summed E-state index contributed by atoms with van der Waals surface area (Å²) in [6.45, 7) is 0. The number of benzene rings is 1. The molecule has 2 rings (SSSR count). The highest BCUT2D eigenvalue weighted by molar-refractivity contribution is 7.91. The minimum absolute atomic E-state index is 0.0167. The number of hydrogen-bond acceptors (Lipinski definition) is 4. The average molecular weight is 278 g/mol. The second-order valence-corrected chi connectivity index (χ2v) is 7.22. The van der Waals surface area contributed by atoms with Gasteiger partial charge < -0.3 is 5.32 Å². The molecule has 1 saturated heterocycles. The van der Waals surface area contributed by atoms with Crippen LogP contribution in [0.2, 0.25) is 0 Å². The van der Waals surface area contributed by atoms with E-state index in [-0.39, 0.29) is 23.6 Å². The van der Waals surface area contributed by atoms with Crippen LogP contribution in [0.15, 0.2) is 30.3 Å². The van der Waals surface area contributed by atoms with E-state index in [0.717, 1.165) is 5.56 Å². The van der Waals surface area contributed by atoms with Crippen LogP contribution in [0, 0.1) is 11.3 Å². The van der Waals surface area contributed by atoms with E-state index in [9.17, 15) is 8.42 Å². The molecule has 0 bridgehead atoms. The topological polar surface area (TPSA) is 70.0 Å². The van der Waals surface area contributed by atoms with Gasteiger partial charge in [0.1, 0.15) is 9.84 Å². The maximum Gasteiger partial charge on any atom is 0.150 e. The van der Waals surface area contributed by atoms with Crippen LogP contribution in [0.1, 0.15) is 30.9 Å². The van der Waals surface area contributed by atoms with E-state index in [1.807, 2.05) is 30.3 Å². The maximum absolute atomic E-state index is 11.4. The zero-order valence-corrected chi connectivity index (χ0v) is 11.6. The highest BCUT2D eigenvalue weighted by atomic mass is 32.2. The molecule has 1 aliphatic rings. The molecule has 5 heteroatoms. The van der Waals surface area contributed by atoms with Crippen LogP contribution < -0.4 is 5.32 Å². The van der Waals surface area contributed by atoms with Crippen molar-refractivity contribution in [2.45, 2.75) is 31.3 Å². The van der Waals surface area contributed by atoms with Gasteiger partial charge in [0.2, 0.25) is 0 Å². The quantitative estimate of drug-likeness (QED) is 0.912. The van der Waals surface area contributed by atoms with E-state index in [1.165, 1.54) is 0 Å². The van der Waals surface area contributed by atoms with E-state index in [4.69, 9.17) is 5.26 Å². The van der Waals surface area contributed by atoms with Crippen molar-refractivity contribution in [1.29, 1.82) is 5.26 Å². The molecule has 1 heterocycles. The molecule has 0 saturated carbocycles. The maximum atomic E-state index is 11.4. The normalized spacial score (nSPS) is 20.6. The number of nitrogens with one attached hydrogen (secondary N) is 1. The van der Waals surface area contributed by atoms with Crippen molar-refractivity contribution in [2.24, 2.45) is 0 Å². The van der Waals surface area contributed by atoms with Gasteiger partial charge >= 0.3 is 0 Å². The largest absolute Gasteiger partial charge is 0.306 e. The SMILES string of the molecule is N#CCC(NC1CCS(=O)(=O)CC1)c1ccccc1. The fourth-order valence-corrected chi connectivity index (χ4v) is 3.88. The molecule has 4 nitrogen and oxygen atoms in total. The zero-order chi connectivity index (χ0) is 13.7. The Labute approximate surface area is 114 Å². The molecule has 102 valence electrons. The summed E-state index contributed by atoms with van der Waals surface area (Å²) in [5, 5.41) is 12.3. The van der Waals surface area contributed by atoms with Gasteiger partial charge in [-0.2, -0.15) is 5.26 Å². The minimum atomic E-state index is -2.83. The van der Waals surface area contributed by atoms with Gasteiger partial charge in [-0.15, -0.1) is 0 Å². The predicted molar refractivity (Wildman–Crippen MR) is 74.2 cm³/mol. The average Bonchev–Trinajstić information content (AvgIpc) is 2.41. The van der Waals surface area contributed by atoms with Crippen molar-refractivity contribution in [3.63, 3.8) is 0 Å². The van der Waals surface area contributed by atoms with Gasteiger partial charge in [0, 0.05) is 12.1 Å². The van der Waals surface area contributed by atoms with Crippen LogP contribution in [-0.2, 0) is 9.84 Å². The van der Waals surface area contributed by atoms with Crippen molar-refractivity contribution >= 4 is 9.84 Å². The first-order valence-corrected chi connectivity index (χ1v) is 8.31. The molecule has 1 unspecified atom stereocenters. The fourth-order valence-electron chi connectivity index (χ4n) is 2.39. The Hall–Kier alpha value is -1.38. The summed E-state index contributed by atoms with van der Waals surface area (Å²) < 4.78 is 22.8. The second-order valence-electron chi connectivity index (χ2n) is 4.92. The number of sulfone groups is 1. The third-order valence-corrected chi connectivity index (χ3v) is 5.20. The van der Waals surface area contributed by atoms with Crippen molar-refractivity contribution in [3.8, 4) is 6.07 Å². The number of hydrogen-bond donors (Lipinski definition) is 1. The minimum Gasteiger partial charge on any atom is -0.306 e. The number of nitriles is 1. The van der Waals surface area contributed by atoms with Crippen LogP contribution >= 0.6 is 0 Å². The van der Waals surface area contributed by atoms with Gasteiger partial charge in [0.05, 0.1) is 24.0 Å². The predicted octanol–water partition coefficient (Wildman–Crippen LogP) is 1.81. The molecule has 0 amide bonds. The standard InChI is InChI=1S/C14H18N2O2S/c15-9-6-14(12-4-2-1-3-5-12)16-13-7-10-19(17,18)11-8-13/h1-5,13-14,16H,6-8,10-11H2. The monoisotopic (exact) mass is 278 g/mol.